The lowest BCUT2D eigenvalue weighted by Gasteiger charge is -2.46. The molecule has 5 unspecified atom stereocenters. The van der Waals surface area contributed by atoms with Crippen LogP contribution in [0.4, 0.5) is 0 Å². The highest BCUT2D eigenvalue weighted by atomic mass is 16.5. The van der Waals surface area contributed by atoms with Crippen molar-refractivity contribution < 1.29 is 34.7 Å². The molecule has 270 valence electrons. The van der Waals surface area contributed by atoms with Crippen LogP contribution in [0.5, 0.6) is 11.5 Å². The largest absolute Gasteiger partial charge is 0.497 e. The van der Waals surface area contributed by atoms with E-state index in [0.29, 0.717) is 37.3 Å². The van der Waals surface area contributed by atoms with Gasteiger partial charge in [-0.1, -0.05) is 56.0 Å². The predicted molar refractivity (Wildman–Crippen MR) is 192 cm³/mol. The molecule has 4 N–H and O–H groups in total. The zero-order valence-corrected chi connectivity index (χ0v) is 30.1. The molecular weight excluding hydrogens is 618 g/mol. The average Bonchev–Trinajstić information content (AvgIpc) is 3.35. The van der Waals surface area contributed by atoms with Gasteiger partial charge in [0, 0.05) is 48.2 Å². The number of nitrogens with zero attached hydrogens (tertiary/aromatic N) is 1. The standard InChI is InChI=1S/C41H59NO7/c1-28-9-8-19-40(2)37(35-17-13-29(21-32(44)15-12-28)22-36(35)39(46)30-10-6-5-7-11-30)18-20-41(40,47)27-42(25-33(45)26-43)24-31-14-16-34(48-3)23-38(31)49-4/h9,13-14,16-17,22-23,30,32-33,37,43-45,47H,5-8,10-12,15,18-21,24-27H2,1-4H3. The maximum atomic E-state index is 14.4. The molecule has 0 aromatic heterocycles. The maximum Gasteiger partial charge on any atom is 0.166 e. The molecule has 6 rings (SSSR count). The van der Waals surface area contributed by atoms with Crippen LogP contribution in [0.3, 0.4) is 0 Å². The van der Waals surface area contributed by atoms with E-state index in [1.165, 1.54) is 12.0 Å². The van der Waals surface area contributed by atoms with Crippen molar-refractivity contribution in [3.63, 3.8) is 0 Å². The molecule has 4 aliphatic rings. The second-order valence-electron chi connectivity index (χ2n) is 15.3. The minimum absolute atomic E-state index is 0.0126. The molecule has 49 heavy (non-hydrogen) atoms. The summed E-state index contributed by atoms with van der Waals surface area (Å²) in [5, 5.41) is 44.4. The summed E-state index contributed by atoms with van der Waals surface area (Å²) < 4.78 is 11.1. The first-order valence-electron chi connectivity index (χ1n) is 18.5. The van der Waals surface area contributed by atoms with Gasteiger partial charge in [0.2, 0.25) is 0 Å². The number of hydrogen-bond acceptors (Lipinski definition) is 8. The Morgan fingerprint density at radius 1 is 1.02 bits per heavy atom. The Hall–Kier alpha value is -2.75. The minimum Gasteiger partial charge on any atom is -0.497 e. The van der Waals surface area contributed by atoms with Crippen LogP contribution in [-0.2, 0) is 13.0 Å². The zero-order chi connectivity index (χ0) is 35.2. The number of carbonyl (C=O) groups excluding carboxylic acids is 1. The second-order valence-corrected chi connectivity index (χ2v) is 15.3. The molecule has 2 aromatic rings. The molecule has 0 spiro atoms. The summed E-state index contributed by atoms with van der Waals surface area (Å²) in [7, 11) is 3.23. The van der Waals surface area contributed by atoms with E-state index < -0.39 is 23.2 Å². The number of carbonyl (C=O) groups is 1. The first kappa shape index (κ1) is 37.5. The number of aliphatic hydroxyl groups is 4. The summed E-state index contributed by atoms with van der Waals surface area (Å²) in [6.07, 6.45) is 10.7. The van der Waals surface area contributed by atoms with Gasteiger partial charge in [0.1, 0.15) is 11.5 Å². The molecular formula is C41H59NO7. The minimum atomic E-state index is -1.15. The Balaban J connectivity index is 1.55. The van der Waals surface area contributed by atoms with Crippen LogP contribution in [0.2, 0.25) is 0 Å². The van der Waals surface area contributed by atoms with Crippen LogP contribution in [0, 0.1) is 11.3 Å². The molecule has 2 saturated carbocycles. The Morgan fingerprint density at radius 2 is 1.80 bits per heavy atom. The van der Waals surface area contributed by atoms with Crippen molar-refractivity contribution in [1.29, 1.82) is 0 Å². The van der Waals surface area contributed by atoms with E-state index in [-0.39, 0.29) is 37.3 Å². The predicted octanol–water partition coefficient (Wildman–Crippen LogP) is 6.36. The smallest absolute Gasteiger partial charge is 0.166 e. The number of fused-ring (bicyclic) bond motifs is 8. The van der Waals surface area contributed by atoms with E-state index in [9.17, 15) is 25.2 Å². The van der Waals surface area contributed by atoms with Crippen molar-refractivity contribution in [2.75, 3.05) is 33.9 Å². The zero-order valence-electron chi connectivity index (χ0n) is 30.1. The number of rotatable bonds is 11. The number of Topliss-reactive ketones (excluding diaryl/α,β-unsaturated/α-hetero) is 1. The van der Waals surface area contributed by atoms with Crippen LogP contribution >= 0.6 is 0 Å². The number of ketones is 1. The summed E-state index contributed by atoms with van der Waals surface area (Å²) in [4.78, 5) is 16.4. The van der Waals surface area contributed by atoms with Gasteiger partial charge >= 0.3 is 0 Å². The van der Waals surface area contributed by atoms with Gasteiger partial charge in [-0.25, -0.2) is 0 Å². The van der Waals surface area contributed by atoms with E-state index in [1.807, 2.05) is 23.1 Å². The fraction of sp³-hybridized carbons (Fsp3) is 0.634. The fourth-order valence-electron chi connectivity index (χ4n) is 8.93. The summed E-state index contributed by atoms with van der Waals surface area (Å²) >= 11 is 0. The third kappa shape index (κ3) is 8.59. The second kappa shape index (κ2) is 16.5. The molecule has 5 atom stereocenters. The highest BCUT2D eigenvalue weighted by Gasteiger charge is 2.57. The monoisotopic (exact) mass is 677 g/mol. The normalized spacial score (nSPS) is 27.3. The molecule has 8 heteroatoms. The quantitative estimate of drug-likeness (QED) is 0.160. The van der Waals surface area contributed by atoms with Crippen molar-refractivity contribution in [2.45, 2.75) is 121 Å². The fourth-order valence-corrected chi connectivity index (χ4v) is 8.93. The molecule has 0 saturated heterocycles. The lowest BCUT2D eigenvalue weighted by Crippen LogP contribution is -2.53. The molecule has 0 aliphatic heterocycles. The van der Waals surface area contributed by atoms with Crippen LogP contribution in [-0.4, -0.2) is 82.8 Å². The van der Waals surface area contributed by atoms with Crippen LogP contribution in [0.25, 0.3) is 0 Å². The van der Waals surface area contributed by atoms with E-state index in [0.717, 1.165) is 73.6 Å². The van der Waals surface area contributed by atoms with Gasteiger partial charge in [-0.2, -0.15) is 0 Å². The van der Waals surface area contributed by atoms with Gasteiger partial charge in [-0.15, -0.1) is 0 Å². The lowest BCUT2D eigenvalue weighted by atomic mass is 9.64. The van der Waals surface area contributed by atoms with Crippen LogP contribution in [0.1, 0.15) is 117 Å². The van der Waals surface area contributed by atoms with Crippen LogP contribution in [0.15, 0.2) is 48.0 Å². The van der Waals surface area contributed by atoms with Crippen LogP contribution < -0.4 is 9.47 Å². The van der Waals surface area contributed by atoms with Crippen molar-refractivity contribution in [2.24, 2.45) is 11.3 Å². The summed E-state index contributed by atoms with van der Waals surface area (Å²) in [6, 6.07) is 11.9. The van der Waals surface area contributed by atoms with E-state index in [1.54, 1.807) is 14.2 Å². The van der Waals surface area contributed by atoms with E-state index in [2.05, 4.69) is 38.1 Å². The average molecular weight is 678 g/mol. The molecule has 0 heterocycles. The number of aliphatic hydroxyl groups excluding tert-OH is 3. The number of allylic oxidation sites excluding steroid dienone is 2. The first-order chi connectivity index (χ1) is 23.5. The molecule has 0 amide bonds. The van der Waals surface area contributed by atoms with Gasteiger partial charge in [-0.05, 0) is 93.9 Å². The number of benzene rings is 2. The van der Waals surface area contributed by atoms with E-state index >= 15 is 0 Å². The van der Waals surface area contributed by atoms with Crippen molar-refractivity contribution in [1.82, 2.24) is 4.90 Å². The Bertz CT molecular complexity index is 1450. The van der Waals surface area contributed by atoms with Gasteiger partial charge in [0.05, 0.1) is 38.6 Å². The Labute approximate surface area is 293 Å². The third-order valence-corrected chi connectivity index (χ3v) is 12.0. The maximum absolute atomic E-state index is 14.4. The topological polar surface area (TPSA) is 120 Å². The third-order valence-electron chi connectivity index (χ3n) is 12.0. The van der Waals surface area contributed by atoms with Gasteiger partial charge in [-0.3, -0.25) is 9.69 Å². The Morgan fingerprint density at radius 3 is 2.51 bits per heavy atom. The molecule has 8 nitrogen and oxygen atoms in total. The molecule has 2 aromatic carbocycles. The van der Waals surface area contributed by atoms with Crippen molar-refractivity contribution in [3.05, 3.63) is 70.3 Å². The first-order valence-corrected chi connectivity index (χ1v) is 18.5. The number of hydrogen-bond donors (Lipinski definition) is 4. The number of methoxy groups -OCH3 is 2. The highest BCUT2D eigenvalue weighted by Crippen LogP contribution is 2.59. The van der Waals surface area contributed by atoms with Crippen molar-refractivity contribution >= 4 is 5.78 Å². The molecule has 0 radical (unpaired) electrons. The molecule has 2 fully saturated rings. The SMILES string of the molecule is COc1ccc(CN(CC(O)CO)CC2(O)CCC3c4ccc(cc4C(=O)C4CCCCC4)CC(O)CCC(C)=CCCC32C)c(OC)c1. The summed E-state index contributed by atoms with van der Waals surface area (Å²) in [5.41, 5.74) is 3.16. The molecule has 4 aliphatic carbocycles. The summed E-state index contributed by atoms with van der Waals surface area (Å²) in [6.45, 7) is 4.79. The lowest BCUT2D eigenvalue weighted by molar-refractivity contribution is -0.0908. The van der Waals surface area contributed by atoms with Gasteiger partial charge < -0.3 is 29.9 Å². The van der Waals surface area contributed by atoms with Crippen molar-refractivity contribution in [3.8, 4) is 11.5 Å². The van der Waals surface area contributed by atoms with Gasteiger partial charge in [0.25, 0.3) is 0 Å². The summed E-state index contributed by atoms with van der Waals surface area (Å²) in [5.74, 6) is 1.50. The number of ether oxygens (including phenoxy) is 2. The Kier molecular flexibility index (Phi) is 12.6. The highest BCUT2D eigenvalue weighted by molar-refractivity contribution is 5.99. The van der Waals surface area contributed by atoms with E-state index in [4.69, 9.17) is 9.47 Å². The molecule has 2 bridgehead atoms. The van der Waals surface area contributed by atoms with Gasteiger partial charge in [0.15, 0.2) is 5.78 Å².